The molecule has 0 aromatic carbocycles. The molecule has 3 atom stereocenters. The highest BCUT2D eigenvalue weighted by molar-refractivity contribution is 5.72. The lowest BCUT2D eigenvalue weighted by atomic mass is 9.89. The van der Waals surface area contributed by atoms with E-state index in [1.807, 2.05) is 0 Å². The number of esters is 1. The van der Waals surface area contributed by atoms with Gasteiger partial charge in [-0.15, -0.1) is 0 Å². The van der Waals surface area contributed by atoms with Crippen molar-refractivity contribution in [3.8, 4) is 0 Å². The highest BCUT2D eigenvalue weighted by Crippen LogP contribution is 2.39. The zero-order valence-corrected chi connectivity index (χ0v) is 8.70. The van der Waals surface area contributed by atoms with Crippen LogP contribution in [0.4, 0.5) is 0 Å². The average Bonchev–Trinajstić information content (AvgIpc) is 2.95. The first kappa shape index (κ1) is 9.97. The molecule has 1 heterocycles. The average molecular weight is 198 g/mol. The predicted octanol–water partition coefficient (Wildman–Crippen LogP) is 1.90. The van der Waals surface area contributed by atoms with Crippen LogP contribution in [0.3, 0.4) is 0 Å². The van der Waals surface area contributed by atoms with E-state index in [2.05, 4.69) is 6.92 Å². The summed E-state index contributed by atoms with van der Waals surface area (Å²) in [6, 6.07) is 0. The molecule has 1 saturated heterocycles. The minimum absolute atomic E-state index is 0.00704. The molecule has 3 nitrogen and oxygen atoms in total. The number of epoxide rings is 1. The fourth-order valence-electron chi connectivity index (χ4n) is 2.05. The van der Waals surface area contributed by atoms with E-state index in [0.717, 1.165) is 32.1 Å². The molecule has 0 N–H and O–H groups in total. The summed E-state index contributed by atoms with van der Waals surface area (Å²) >= 11 is 0. The van der Waals surface area contributed by atoms with E-state index < -0.39 is 0 Å². The van der Waals surface area contributed by atoms with Crippen molar-refractivity contribution in [3.63, 3.8) is 0 Å². The van der Waals surface area contributed by atoms with E-state index in [4.69, 9.17) is 9.47 Å². The summed E-state index contributed by atoms with van der Waals surface area (Å²) in [4.78, 5) is 11.6. The van der Waals surface area contributed by atoms with Gasteiger partial charge in [0.05, 0.1) is 24.7 Å². The van der Waals surface area contributed by atoms with Crippen molar-refractivity contribution in [1.29, 1.82) is 0 Å². The molecular weight excluding hydrogens is 180 g/mol. The van der Waals surface area contributed by atoms with Gasteiger partial charge in [0.15, 0.2) is 0 Å². The largest absolute Gasteiger partial charge is 0.465 e. The number of ether oxygens (including phenoxy) is 2. The van der Waals surface area contributed by atoms with Crippen molar-refractivity contribution in [1.82, 2.24) is 0 Å². The molecule has 80 valence electrons. The van der Waals surface area contributed by atoms with Crippen molar-refractivity contribution in [3.05, 3.63) is 0 Å². The maximum absolute atomic E-state index is 11.6. The predicted molar refractivity (Wildman–Crippen MR) is 51.9 cm³/mol. The summed E-state index contributed by atoms with van der Waals surface area (Å²) in [5.74, 6) is 0.100. The molecule has 2 aliphatic rings. The Morgan fingerprint density at radius 1 is 1.43 bits per heavy atom. The second-order valence-electron chi connectivity index (χ2n) is 4.24. The van der Waals surface area contributed by atoms with E-state index in [1.54, 1.807) is 0 Å². The van der Waals surface area contributed by atoms with Gasteiger partial charge in [-0.3, -0.25) is 4.79 Å². The van der Waals surface area contributed by atoms with Crippen LogP contribution in [-0.2, 0) is 14.3 Å². The Morgan fingerprint density at radius 3 is 3.00 bits per heavy atom. The van der Waals surface area contributed by atoms with Gasteiger partial charge in [-0.25, -0.2) is 0 Å². The summed E-state index contributed by atoms with van der Waals surface area (Å²) in [7, 11) is 0. The molecular formula is C11H18O3. The van der Waals surface area contributed by atoms with Crippen LogP contribution in [0, 0.1) is 5.92 Å². The SMILES string of the molecule is CCCCOC(=O)C1CC[C@@H]2OC2C1. The Morgan fingerprint density at radius 2 is 2.29 bits per heavy atom. The third kappa shape index (κ3) is 2.27. The number of unbranched alkanes of at least 4 members (excludes halogenated alkanes) is 1. The molecule has 0 bridgehead atoms. The van der Waals surface area contributed by atoms with Crippen LogP contribution in [0.15, 0.2) is 0 Å². The van der Waals surface area contributed by atoms with Gasteiger partial charge in [0, 0.05) is 0 Å². The Bertz CT molecular complexity index is 215. The molecule has 0 amide bonds. The van der Waals surface area contributed by atoms with E-state index in [-0.39, 0.29) is 11.9 Å². The van der Waals surface area contributed by atoms with Crippen molar-refractivity contribution in [2.45, 2.75) is 51.2 Å². The quantitative estimate of drug-likeness (QED) is 0.393. The highest BCUT2D eigenvalue weighted by Gasteiger charge is 2.46. The van der Waals surface area contributed by atoms with Crippen LogP contribution in [0.5, 0.6) is 0 Å². The Balaban J connectivity index is 1.68. The molecule has 2 rings (SSSR count). The minimum Gasteiger partial charge on any atom is -0.465 e. The molecule has 2 unspecified atom stereocenters. The van der Waals surface area contributed by atoms with Gasteiger partial charge in [0.1, 0.15) is 0 Å². The topological polar surface area (TPSA) is 38.8 Å². The zero-order valence-electron chi connectivity index (χ0n) is 8.70. The van der Waals surface area contributed by atoms with E-state index in [1.165, 1.54) is 0 Å². The second-order valence-corrected chi connectivity index (χ2v) is 4.24. The number of hydrogen-bond donors (Lipinski definition) is 0. The molecule has 0 aromatic rings. The standard InChI is InChI=1S/C11H18O3/c1-2-3-6-13-11(12)8-4-5-9-10(7-8)14-9/h8-10H,2-7H2,1H3/t8?,9-,10?/m0/s1. The maximum Gasteiger partial charge on any atom is 0.309 e. The van der Waals surface area contributed by atoms with Crippen molar-refractivity contribution >= 4 is 5.97 Å². The van der Waals surface area contributed by atoms with E-state index in [9.17, 15) is 4.79 Å². The summed E-state index contributed by atoms with van der Waals surface area (Å²) < 4.78 is 10.6. The lowest BCUT2D eigenvalue weighted by molar-refractivity contribution is -0.149. The molecule has 3 heteroatoms. The third-order valence-corrected chi connectivity index (χ3v) is 3.08. The fraction of sp³-hybridized carbons (Fsp3) is 0.909. The van der Waals surface area contributed by atoms with Crippen LogP contribution >= 0.6 is 0 Å². The lowest BCUT2D eigenvalue weighted by Crippen LogP contribution is -2.24. The molecule has 1 saturated carbocycles. The first-order valence-electron chi connectivity index (χ1n) is 5.63. The summed E-state index contributed by atoms with van der Waals surface area (Å²) in [5, 5.41) is 0. The summed E-state index contributed by atoms with van der Waals surface area (Å²) in [6.45, 7) is 2.68. The highest BCUT2D eigenvalue weighted by atomic mass is 16.6. The normalized spacial score (nSPS) is 34.8. The number of hydrogen-bond acceptors (Lipinski definition) is 3. The van der Waals surface area contributed by atoms with Gasteiger partial charge in [-0.05, 0) is 25.7 Å². The van der Waals surface area contributed by atoms with Crippen LogP contribution in [0.1, 0.15) is 39.0 Å². The van der Waals surface area contributed by atoms with Gasteiger partial charge in [0.25, 0.3) is 0 Å². The third-order valence-electron chi connectivity index (χ3n) is 3.08. The van der Waals surface area contributed by atoms with Gasteiger partial charge in [0.2, 0.25) is 0 Å². The second kappa shape index (κ2) is 4.30. The van der Waals surface area contributed by atoms with E-state index >= 15 is 0 Å². The van der Waals surface area contributed by atoms with Gasteiger partial charge >= 0.3 is 5.97 Å². The number of carbonyl (C=O) groups is 1. The first-order valence-corrected chi connectivity index (χ1v) is 5.63. The number of fused-ring (bicyclic) bond motifs is 1. The Hall–Kier alpha value is -0.570. The number of carbonyl (C=O) groups excluding carboxylic acids is 1. The van der Waals surface area contributed by atoms with Crippen molar-refractivity contribution in [2.24, 2.45) is 5.92 Å². The summed E-state index contributed by atoms with van der Waals surface area (Å²) in [6.07, 6.45) is 5.76. The lowest BCUT2D eigenvalue weighted by Gasteiger charge is -2.17. The molecule has 0 radical (unpaired) electrons. The Kier molecular flexibility index (Phi) is 3.06. The van der Waals surface area contributed by atoms with Gasteiger partial charge in [-0.1, -0.05) is 13.3 Å². The summed E-state index contributed by atoms with van der Waals surface area (Å²) in [5.41, 5.74) is 0. The molecule has 2 fully saturated rings. The molecule has 0 aromatic heterocycles. The van der Waals surface area contributed by atoms with Crippen molar-refractivity contribution < 1.29 is 14.3 Å². The zero-order chi connectivity index (χ0) is 9.97. The van der Waals surface area contributed by atoms with Crippen molar-refractivity contribution in [2.75, 3.05) is 6.61 Å². The first-order chi connectivity index (χ1) is 6.81. The van der Waals surface area contributed by atoms with E-state index in [0.29, 0.717) is 18.8 Å². The van der Waals surface area contributed by atoms with Crippen LogP contribution < -0.4 is 0 Å². The van der Waals surface area contributed by atoms with Crippen LogP contribution in [0.2, 0.25) is 0 Å². The van der Waals surface area contributed by atoms with Crippen LogP contribution in [0.25, 0.3) is 0 Å². The molecule has 1 aliphatic heterocycles. The van der Waals surface area contributed by atoms with Gasteiger partial charge < -0.3 is 9.47 Å². The monoisotopic (exact) mass is 198 g/mol. The number of rotatable bonds is 4. The molecule has 0 spiro atoms. The Labute approximate surface area is 84.8 Å². The molecule has 14 heavy (non-hydrogen) atoms. The van der Waals surface area contributed by atoms with Gasteiger partial charge in [-0.2, -0.15) is 0 Å². The maximum atomic E-state index is 11.6. The minimum atomic E-state index is -0.00704. The van der Waals surface area contributed by atoms with Crippen LogP contribution in [-0.4, -0.2) is 24.8 Å². The smallest absolute Gasteiger partial charge is 0.309 e. The molecule has 1 aliphatic carbocycles. The fourth-order valence-corrected chi connectivity index (χ4v) is 2.05.